The van der Waals surface area contributed by atoms with E-state index in [0.717, 1.165) is 37.8 Å². The van der Waals surface area contributed by atoms with Gasteiger partial charge < -0.3 is 4.90 Å². The van der Waals surface area contributed by atoms with Crippen LogP contribution in [0.2, 0.25) is 0 Å². The number of hydrogen-bond acceptors (Lipinski definition) is 3. The van der Waals surface area contributed by atoms with Crippen LogP contribution >= 0.6 is 0 Å². The molecule has 6 aliphatic carbocycles. The summed E-state index contributed by atoms with van der Waals surface area (Å²) in [6.07, 6.45) is 6.02. The molecule has 0 amide bonds. The second-order valence-corrected chi connectivity index (χ2v) is 10.4. The molecule has 0 aromatic heterocycles. The zero-order valence-electron chi connectivity index (χ0n) is 14.8. The minimum atomic E-state index is -0.0714. The summed E-state index contributed by atoms with van der Waals surface area (Å²) < 4.78 is 0. The topological polar surface area (TPSA) is 37.4 Å². The molecule has 24 heavy (non-hydrogen) atoms. The first kappa shape index (κ1) is 14.2. The van der Waals surface area contributed by atoms with Gasteiger partial charge in [0.15, 0.2) is 0 Å². The van der Waals surface area contributed by atoms with E-state index in [9.17, 15) is 9.59 Å². The predicted molar refractivity (Wildman–Crippen MR) is 90.2 cm³/mol. The summed E-state index contributed by atoms with van der Waals surface area (Å²) in [5.74, 6) is 1.89. The van der Waals surface area contributed by atoms with Crippen molar-refractivity contribution >= 4 is 11.6 Å². The fourth-order valence-corrected chi connectivity index (χ4v) is 9.57. The van der Waals surface area contributed by atoms with Crippen molar-refractivity contribution in [2.45, 2.75) is 51.5 Å². The van der Waals surface area contributed by atoms with Crippen molar-refractivity contribution < 1.29 is 9.59 Å². The number of fused-ring (bicyclic) bond motifs is 1. The number of piperidine rings is 1. The number of carbonyl (C=O) groups excluding carboxylic acids is 2. The molecule has 1 saturated heterocycles. The quantitative estimate of drug-likeness (QED) is 0.643. The van der Waals surface area contributed by atoms with E-state index < -0.39 is 0 Å². The van der Waals surface area contributed by atoms with Crippen LogP contribution in [0.15, 0.2) is 12.2 Å². The van der Waals surface area contributed by atoms with Crippen LogP contribution in [-0.4, -0.2) is 36.1 Å². The van der Waals surface area contributed by atoms with E-state index >= 15 is 0 Å². The van der Waals surface area contributed by atoms with Gasteiger partial charge in [0.25, 0.3) is 0 Å². The summed E-state index contributed by atoms with van der Waals surface area (Å²) in [6, 6.07) is 0.453. The van der Waals surface area contributed by atoms with Gasteiger partial charge in [-0.2, -0.15) is 0 Å². The molecule has 3 nitrogen and oxygen atoms in total. The molecule has 8 atom stereocenters. The van der Waals surface area contributed by atoms with Crippen LogP contribution < -0.4 is 0 Å². The number of carbonyl (C=O) groups is 2. The van der Waals surface area contributed by atoms with Crippen LogP contribution in [0.4, 0.5) is 0 Å². The average molecular weight is 325 g/mol. The Morgan fingerprint density at radius 3 is 2.75 bits per heavy atom. The fraction of sp³-hybridized carbons (Fsp3) is 0.810. The minimum absolute atomic E-state index is 0.0491. The molecular weight excluding hydrogens is 298 g/mol. The number of nitrogens with zero attached hydrogens (tertiary/aromatic N) is 1. The molecule has 0 aromatic rings. The predicted octanol–water partition coefficient (Wildman–Crippen LogP) is 2.85. The van der Waals surface area contributed by atoms with Crippen LogP contribution in [-0.2, 0) is 9.59 Å². The van der Waals surface area contributed by atoms with Gasteiger partial charge in [0.05, 0.1) is 0 Å². The molecule has 128 valence electrons. The highest BCUT2D eigenvalue weighted by Gasteiger charge is 2.83. The third-order valence-corrected chi connectivity index (χ3v) is 9.45. The summed E-state index contributed by atoms with van der Waals surface area (Å²) in [5.41, 5.74) is 1.09. The third-order valence-electron chi connectivity index (χ3n) is 9.45. The van der Waals surface area contributed by atoms with Crippen LogP contribution in [0.25, 0.3) is 0 Å². The molecule has 6 bridgehead atoms. The first-order valence-electron chi connectivity index (χ1n) is 9.79. The number of hydrogen-bond donors (Lipinski definition) is 0. The number of ketones is 2. The third kappa shape index (κ3) is 1.14. The Bertz CT molecular complexity index is 727. The first-order valence-corrected chi connectivity index (χ1v) is 9.79. The lowest BCUT2D eigenvalue weighted by molar-refractivity contribution is -0.186. The number of rotatable bonds is 0. The maximum atomic E-state index is 13.5. The largest absolute Gasteiger partial charge is 0.302 e. The van der Waals surface area contributed by atoms with E-state index in [1.165, 1.54) is 6.42 Å². The molecule has 2 spiro atoms. The molecule has 1 heterocycles. The average Bonchev–Trinajstić information content (AvgIpc) is 2.57. The van der Waals surface area contributed by atoms with E-state index in [1.54, 1.807) is 0 Å². The standard InChI is InChI=1S/C21H27NO2/c1-11-8-20-9-14(23)16-19(2)5-4-6-21(16)17(20)15(24)12(11)7-13(20)18(21)22(3)10-19/h12-13,16-18H,1,4-10H2,2-3H3/t12-,13+,16-,17+,18-,19-,20?,21-/m0/s1. The van der Waals surface area contributed by atoms with E-state index in [0.29, 0.717) is 29.9 Å². The molecule has 7 aliphatic rings. The van der Waals surface area contributed by atoms with Crippen LogP contribution in [0.5, 0.6) is 0 Å². The van der Waals surface area contributed by atoms with Gasteiger partial charge >= 0.3 is 0 Å². The lowest BCUT2D eigenvalue weighted by Crippen LogP contribution is -2.69. The van der Waals surface area contributed by atoms with Crippen molar-refractivity contribution in [1.29, 1.82) is 0 Å². The van der Waals surface area contributed by atoms with Crippen LogP contribution in [0, 0.1) is 39.9 Å². The van der Waals surface area contributed by atoms with Gasteiger partial charge in [-0.15, -0.1) is 0 Å². The van der Waals surface area contributed by atoms with Gasteiger partial charge in [0.1, 0.15) is 11.6 Å². The van der Waals surface area contributed by atoms with Gasteiger partial charge in [-0.1, -0.05) is 25.5 Å². The zero-order chi connectivity index (χ0) is 16.6. The maximum Gasteiger partial charge on any atom is 0.144 e. The minimum Gasteiger partial charge on any atom is -0.302 e. The highest BCUT2D eigenvalue weighted by Crippen LogP contribution is 2.81. The van der Waals surface area contributed by atoms with Gasteiger partial charge in [0.2, 0.25) is 0 Å². The Labute approximate surface area is 143 Å². The second kappa shape index (κ2) is 3.75. The maximum absolute atomic E-state index is 13.5. The molecule has 7 rings (SSSR count). The molecule has 0 N–H and O–H groups in total. The SMILES string of the molecule is C=C1CC23CC(=O)[C@H]4[C@@]5(C)CCC[C@]46[C@H]([C@H]2C[C@@H]1C(=O)[C@H]36)N(C)C5. The fourth-order valence-electron chi connectivity index (χ4n) is 9.57. The molecule has 0 radical (unpaired) electrons. The van der Waals surface area contributed by atoms with Gasteiger partial charge in [-0.3, -0.25) is 9.59 Å². The van der Waals surface area contributed by atoms with E-state index in [4.69, 9.17) is 0 Å². The lowest BCUT2D eigenvalue weighted by Gasteiger charge is -2.65. The smallest absolute Gasteiger partial charge is 0.144 e. The Balaban J connectivity index is 1.68. The summed E-state index contributed by atoms with van der Waals surface area (Å²) in [7, 11) is 2.27. The van der Waals surface area contributed by atoms with Crippen molar-refractivity contribution in [2.24, 2.45) is 39.9 Å². The first-order chi connectivity index (χ1) is 11.4. The Kier molecular flexibility index (Phi) is 2.22. The summed E-state index contributed by atoms with van der Waals surface area (Å²) in [5, 5.41) is 0. The number of likely N-dealkylation sites (tertiary alicyclic amines) is 1. The molecule has 1 unspecified atom stereocenters. The van der Waals surface area contributed by atoms with Gasteiger partial charge in [-0.25, -0.2) is 0 Å². The van der Waals surface area contributed by atoms with E-state index in [-0.39, 0.29) is 34.0 Å². The summed E-state index contributed by atoms with van der Waals surface area (Å²) >= 11 is 0. The summed E-state index contributed by atoms with van der Waals surface area (Å²) in [6.45, 7) is 7.64. The zero-order valence-corrected chi connectivity index (χ0v) is 14.8. The Hall–Kier alpha value is -0.960. The molecule has 3 heteroatoms. The normalized spacial score (nSPS) is 60.8. The lowest BCUT2D eigenvalue weighted by atomic mass is 9.39. The molecule has 1 aliphatic heterocycles. The molecular formula is C21H27NO2. The Morgan fingerprint density at radius 2 is 1.96 bits per heavy atom. The van der Waals surface area contributed by atoms with Crippen molar-refractivity contribution in [2.75, 3.05) is 13.6 Å². The highest BCUT2D eigenvalue weighted by molar-refractivity contribution is 5.97. The second-order valence-electron chi connectivity index (χ2n) is 10.4. The molecule has 7 fully saturated rings. The van der Waals surface area contributed by atoms with Crippen molar-refractivity contribution in [3.05, 3.63) is 12.2 Å². The highest BCUT2D eigenvalue weighted by atomic mass is 16.1. The number of Topliss-reactive ketones (excluding diaryl/α,β-unsaturated/α-hetero) is 2. The van der Waals surface area contributed by atoms with Crippen molar-refractivity contribution in [1.82, 2.24) is 4.90 Å². The summed E-state index contributed by atoms with van der Waals surface area (Å²) in [4.78, 5) is 29.5. The van der Waals surface area contributed by atoms with Crippen molar-refractivity contribution in [3.63, 3.8) is 0 Å². The molecule has 0 aromatic carbocycles. The van der Waals surface area contributed by atoms with Crippen molar-refractivity contribution in [3.8, 4) is 0 Å². The van der Waals surface area contributed by atoms with Gasteiger partial charge in [-0.05, 0) is 49.5 Å². The number of allylic oxidation sites excluding steroid dienone is 1. The van der Waals surface area contributed by atoms with Crippen LogP contribution in [0.1, 0.15) is 45.4 Å². The monoisotopic (exact) mass is 325 g/mol. The van der Waals surface area contributed by atoms with Crippen LogP contribution in [0.3, 0.4) is 0 Å². The molecule has 6 saturated carbocycles. The Morgan fingerprint density at radius 1 is 1.17 bits per heavy atom. The van der Waals surface area contributed by atoms with Gasteiger partial charge in [0, 0.05) is 42.2 Å². The van der Waals surface area contributed by atoms with E-state index in [1.807, 2.05) is 0 Å². The van der Waals surface area contributed by atoms with E-state index in [2.05, 4.69) is 25.5 Å².